The van der Waals surface area contributed by atoms with Crippen molar-refractivity contribution < 1.29 is 19.3 Å². The average Bonchev–Trinajstić information content (AvgIpc) is 2.81. The first-order valence-corrected chi connectivity index (χ1v) is 9.83. The number of benzene rings is 3. The van der Waals surface area contributed by atoms with Gasteiger partial charge >= 0.3 is 0 Å². The van der Waals surface area contributed by atoms with Gasteiger partial charge in [0.2, 0.25) is 0 Å². The van der Waals surface area contributed by atoms with Crippen molar-refractivity contribution in [1.82, 2.24) is 0 Å². The summed E-state index contributed by atoms with van der Waals surface area (Å²) in [6.45, 7) is 0. The van der Waals surface area contributed by atoms with E-state index < -0.39 is 9.85 Å². The summed E-state index contributed by atoms with van der Waals surface area (Å²) in [5.41, 5.74) is 1.93. The molecule has 3 aromatic carbocycles. The van der Waals surface area contributed by atoms with Crippen LogP contribution in [0.15, 0.2) is 90.7 Å². The maximum Gasteiger partial charge on any atom is 0.269 e. The van der Waals surface area contributed by atoms with Crippen LogP contribution in [0.1, 0.15) is 12.0 Å². The van der Waals surface area contributed by atoms with Crippen LogP contribution < -0.4 is 9.47 Å². The molecule has 9 heteroatoms. The minimum Gasteiger partial charge on any atom is -0.461 e. The highest BCUT2D eigenvalue weighted by Crippen LogP contribution is 2.29. The number of hydrogen-bond acceptors (Lipinski definition) is 7. The number of hydrogen-bond donors (Lipinski definition) is 1. The molecule has 0 aliphatic heterocycles. The van der Waals surface area contributed by atoms with Crippen molar-refractivity contribution in [3.05, 3.63) is 116 Å². The number of nitrogens with zero attached hydrogens (tertiary/aromatic N) is 2. The first-order chi connectivity index (χ1) is 15.9. The van der Waals surface area contributed by atoms with Gasteiger partial charge in [0.1, 0.15) is 23.0 Å². The van der Waals surface area contributed by atoms with Gasteiger partial charge in [-0.2, -0.15) is 0 Å². The molecule has 1 aliphatic rings. The molecule has 0 bridgehead atoms. The Bertz CT molecular complexity index is 1280. The smallest absolute Gasteiger partial charge is 0.269 e. The summed E-state index contributed by atoms with van der Waals surface area (Å²) in [6.07, 6.45) is 3.85. The van der Waals surface area contributed by atoms with Crippen molar-refractivity contribution in [3.63, 3.8) is 0 Å². The molecule has 0 spiro atoms. The highest BCUT2D eigenvalue weighted by molar-refractivity contribution is 6.24. The van der Waals surface area contributed by atoms with Crippen molar-refractivity contribution >= 4 is 22.7 Å². The molecule has 0 saturated heterocycles. The van der Waals surface area contributed by atoms with E-state index in [-0.39, 0.29) is 17.8 Å². The first kappa shape index (κ1) is 21.4. The molecule has 1 N–H and O–H groups in total. The first-order valence-electron chi connectivity index (χ1n) is 9.83. The van der Waals surface area contributed by atoms with Gasteiger partial charge in [-0.05, 0) is 54.1 Å². The highest BCUT2D eigenvalue weighted by atomic mass is 16.6. The molecule has 4 rings (SSSR count). The monoisotopic (exact) mass is 443 g/mol. The molecule has 0 heterocycles. The summed E-state index contributed by atoms with van der Waals surface area (Å²) < 4.78 is 11.5. The molecule has 0 atom stereocenters. The highest BCUT2D eigenvalue weighted by Gasteiger charge is 2.16. The maximum absolute atomic E-state index is 10.8. The predicted octanol–water partition coefficient (Wildman–Crippen LogP) is 6.07. The molecule has 0 radical (unpaired) electrons. The van der Waals surface area contributed by atoms with E-state index in [1.807, 2.05) is 12.1 Å². The standard InChI is InChI=1S/C24H17N3O6/c25-24-15-22(33-21-11-5-18(6-12-21)27(30)31)13-14-23(24)16-1-7-19(8-2-16)32-20-9-3-17(4-10-20)26(28)29/h1-14,25H,15H2. The largest absolute Gasteiger partial charge is 0.461 e. The van der Waals surface area contributed by atoms with Gasteiger partial charge in [-0.15, -0.1) is 0 Å². The molecule has 1 aliphatic carbocycles. The normalized spacial score (nSPS) is 13.0. The molecular formula is C24H17N3O6. The van der Waals surface area contributed by atoms with Crippen molar-refractivity contribution in [1.29, 1.82) is 5.41 Å². The van der Waals surface area contributed by atoms with E-state index in [0.29, 0.717) is 28.7 Å². The molecular weight excluding hydrogens is 426 g/mol. The Labute approximate surface area is 188 Å². The third kappa shape index (κ3) is 5.10. The van der Waals surface area contributed by atoms with E-state index in [4.69, 9.17) is 14.9 Å². The Balaban J connectivity index is 1.43. The number of nitro benzene ring substituents is 2. The van der Waals surface area contributed by atoms with Gasteiger partial charge in [-0.3, -0.25) is 20.2 Å². The number of non-ortho nitro benzene ring substituents is 2. The second-order valence-corrected chi connectivity index (χ2v) is 7.10. The van der Waals surface area contributed by atoms with Gasteiger partial charge < -0.3 is 14.9 Å². The summed E-state index contributed by atoms with van der Waals surface area (Å²) in [7, 11) is 0. The number of nitro groups is 2. The number of rotatable bonds is 7. The van der Waals surface area contributed by atoms with Crippen LogP contribution in [0, 0.1) is 25.6 Å². The van der Waals surface area contributed by atoms with Gasteiger partial charge in [0.15, 0.2) is 0 Å². The van der Waals surface area contributed by atoms with E-state index in [2.05, 4.69) is 0 Å². The third-order valence-corrected chi connectivity index (χ3v) is 4.86. The van der Waals surface area contributed by atoms with Gasteiger partial charge in [0, 0.05) is 42.0 Å². The van der Waals surface area contributed by atoms with Gasteiger partial charge in [-0.25, -0.2) is 0 Å². The van der Waals surface area contributed by atoms with Crippen molar-refractivity contribution in [3.8, 4) is 17.2 Å². The van der Waals surface area contributed by atoms with Crippen molar-refractivity contribution in [2.24, 2.45) is 0 Å². The molecule has 0 saturated carbocycles. The third-order valence-electron chi connectivity index (χ3n) is 4.86. The Morgan fingerprint density at radius 2 is 1.12 bits per heavy atom. The Hall–Kier alpha value is -4.79. The molecule has 9 nitrogen and oxygen atoms in total. The summed E-state index contributed by atoms with van der Waals surface area (Å²) in [5, 5.41) is 29.9. The summed E-state index contributed by atoms with van der Waals surface area (Å²) in [5.74, 6) is 2.07. The van der Waals surface area contributed by atoms with Crippen molar-refractivity contribution in [2.45, 2.75) is 6.42 Å². The zero-order valence-corrected chi connectivity index (χ0v) is 17.1. The molecule has 3 aromatic rings. The summed E-state index contributed by atoms with van der Waals surface area (Å²) in [4.78, 5) is 20.5. The maximum atomic E-state index is 10.8. The minimum atomic E-state index is -0.476. The number of ether oxygens (including phenoxy) is 2. The lowest BCUT2D eigenvalue weighted by Crippen LogP contribution is -2.10. The number of allylic oxidation sites excluding steroid dienone is 4. The summed E-state index contributed by atoms with van der Waals surface area (Å²) >= 11 is 0. The Kier molecular flexibility index (Phi) is 5.94. The summed E-state index contributed by atoms with van der Waals surface area (Å²) in [6, 6.07) is 18.8. The van der Waals surface area contributed by atoms with E-state index in [1.165, 1.54) is 48.5 Å². The minimum absolute atomic E-state index is 0.00886. The van der Waals surface area contributed by atoms with E-state index in [9.17, 15) is 20.2 Å². The zero-order valence-electron chi connectivity index (χ0n) is 17.1. The zero-order chi connectivity index (χ0) is 23.4. The lowest BCUT2D eigenvalue weighted by atomic mass is 9.94. The second-order valence-electron chi connectivity index (χ2n) is 7.10. The lowest BCUT2D eigenvalue weighted by molar-refractivity contribution is -0.385. The molecule has 0 amide bonds. The van der Waals surface area contributed by atoms with Crippen LogP contribution in [0.4, 0.5) is 11.4 Å². The van der Waals surface area contributed by atoms with E-state index in [1.54, 1.807) is 24.3 Å². The molecule has 0 fully saturated rings. The Morgan fingerprint density at radius 3 is 1.58 bits per heavy atom. The number of nitrogens with one attached hydrogen (secondary N) is 1. The van der Waals surface area contributed by atoms with Crippen LogP contribution in [0.25, 0.3) is 5.57 Å². The Morgan fingerprint density at radius 1 is 0.667 bits per heavy atom. The van der Waals surface area contributed by atoms with E-state index >= 15 is 0 Å². The van der Waals surface area contributed by atoms with Crippen molar-refractivity contribution in [2.75, 3.05) is 0 Å². The van der Waals surface area contributed by atoms with Crippen LogP contribution in [0.2, 0.25) is 0 Å². The quantitative estimate of drug-likeness (QED) is 0.349. The van der Waals surface area contributed by atoms with Gasteiger partial charge in [0.05, 0.1) is 9.85 Å². The second kappa shape index (κ2) is 9.15. The molecule has 164 valence electrons. The molecule has 0 aromatic heterocycles. The SMILES string of the molecule is N=C1CC(Oc2ccc([N+](=O)[O-])cc2)=CC=C1c1ccc(Oc2ccc([N+](=O)[O-])cc2)cc1. The van der Waals surface area contributed by atoms with Crippen LogP contribution in [0.5, 0.6) is 17.2 Å². The fraction of sp³-hybridized carbons (Fsp3) is 0.0417. The van der Waals surface area contributed by atoms with E-state index in [0.717, 1.165) is 11.1 Å². The topological polar surface area (TPSA) is 129 Å². The average molecular weight is 443 g/mol. The van der Waals surface area contributed by atoms with Crippen LogP contribution >= 0.6 is 0 Å². The lowest BCUT2D eigenvalue weighted by Gasteiger charge is -2.17. The fourth-order valence-electron chi connectivity index (χ4n) is 3.21. The molecule has 33 heavy (non-hydrogen) atoms. The van der Waals surface area contributed by atoms with Crippen LogP contribution in [-0.4, -0.2) is 15.6 Å². The fourth-order valence-corrected chi connectivity index (χ4v) is 3.21. The predicted molar refractivity (Wildman–Crippen MR) is 122 cm³/mol. The van der Waals surface area contributed by atoms with Gasteiger partial charge in [0.25, 0.3) is 11.4 Å². The van der Waals surface area contributed by atoms with Gasteiger partial charge in [-0.1, -0.05) is 12.1 Å². The van der Waals surface area contributed by atoms with Crippen LogP contribution in [0.3, 0.4) is 0 Å². The molecule has 0 unspecified atom stereocenters. The van der Waals surface area contributed by atoms with Crippen LogP contribution in [-0.2, 0) is 0 Å².